The van der Waals surface area contributed by atoms with Gasteiger partial charge in [-0.3, -0.25) is 4.79 Å². The molecule has 19 heavy (non-hydrogen) atoms. The molecular formula is C15H22N2O2. The van der Waals surface area contributed by atoms with E-state index in [-0.39, 0.29) is 11.9 Å². The number of carbonyl (C=O) groups excluding carboxylic acids is 1. The van der Waals surface area contributed by atoms with Crippen molar-refractivity contribution in [3.8, 4) is 0 Å². The number of benzene rings is 1. The summed E-state index contributed by atoms with van der Waals surface area (Å²) >= 11 is 0. The zero-order chi connectivity index (χ0) is 13.7. The summed E-state index contributed by atoms with van der Waals surface area (Å²) in [6.45, 7) is 6.28. The van der Waals surface area contributed by atoms with E-state index in [9.17, 15) is 4.79 Å². The van der Waals surface area contributed by atoms with E-state index in [1.54, 1.807) is 0 Å². The van der Waals surface area contributed by atoms with Crippen LogP contribution in [0.25, 0.3) is 0 Å². The van der Waals surface area contributed by atoms with Gasteiger partial charge in [0.05, 0.1) is 18.2 Å². The highest BCUT2D eigenvalue weighted by atomic mass is 16.5. The maximum atomic E-state index is 12.3. The molecule has 0 spiro atoms. The Labute approximate surface area is 114 Å². The molecule has 2 N–H and O–H groups in total. The molecule has 1 aromatic carbocycles. The number of ether oxygens (including phenoxy) is 1. The normalized spacial score (nSPS) is 18.9. The molecule has 0 aliphatic carbocycles. The second-order valence-corrected chi connectivity index (χ2v) is 4.97. The van der Waals surface area contributed by atoms with Crippen LogP contribution in [-0.4, -0.2) is 31.7 Å². The fourth-order valence-electron chi connectivity index (χ4n) is 2.31. The molecule has 0 saturated carbocycles. The van der Waals surface area contributed by atoms with Gasteiger partial charge in [0.25, 0.3) is 5.91 Å². The Kier molecular flexibility index (Phi) is 4.80. The van der Waals surface area contributed by atoms with Gasteiger partial charge in [-0.2, -0.15) is 0 Å². The number of nitrogens with one attached hydrogen (secondary N) is 2. The quantitative estimate of drug-likeness (QED) is 0.875. The Morgan fingerprint density at radius 1 is 1.47 bits per heavy atom. The molecule has 0 aromatic heterocycles. The Morgan fingerprint density at radius 2 is 2.32 bits per heavy atom. The van der Waals surface area contributed by atoms with Crippen molar-refractivity contribution in [2.24, 2.45) is 0 Å². The zero-order valence-corrected chi connectivity index (χ0v) is 11.7. The van der Waals surface area contributed by atoms with Crippen LogP contribution in [0, 0.1) is 6.92 Å². The highest BCUT2D eigenvalue weighted by Gasteiger charge is 2.18. The fourth-order valence-corrected chi connectivity index (χ4v) is 2.31. The van der Waals surface area contributed by atoms with Crippen molar-refractivity contribution in [2.75, 3.05) is 25.1 Å². The highest BCUT2D eigenvalue weighted by molar-refractivity contribution is 5.99. The van der Waals surface area contributed by atoms with Gasteiger partial charge in [-0.1, -0.05) is 6.07 Å². The topological polar surface area (TPSA) is 50.4 Å². The maximum absolute atomic E-state index is 12.3. The lowest BCUT2D eigenvalue weighted by Crippen LogP contribution is -2.40. The molecule has 0 bridgehead atoms. The summed E-state index contributed by atoms with van der Waals surface area (Å²) in [4.78, 5) is 12.3. The van der Waals surface area contributed by atoms with E-state index in [1.165, 1.54) is 0 Å². The van der Waals surface area contributed by atoms with Crippen molar-refractivity contribution < 1.29 is 9.53 Å². The summed E-state index contributed by atoms with van der Waals surface area (Å²) in [5.41, 5.74) is 2.75. The predicted octanol–water partition coefficient (Wildman–Crippen LogP) is 2.34. The Bertz CT molecular complexity index is 440. The van der Waals surface area contributed by atoms with Crippen LogP contribution in [0.5, 0.6) is 0 Å². The average Bonchev–Trinajstić information content (AvgIpc) is 2.40. The van der Waals surface area contributed by atoms with Crippen LogP contribution < -0.4 is 10.6 Å². The molecular weight excluding hydrogens is 240 g/mol. The second-order valence-electron chi connectivity index (χ2n) is 4.97. The molecule has 4 nitrogen and oxygen atoms in total. The lowest BCUT2D eigenvalue weighted by atomic mass is 10.1. The first kappa shape index (κ1) is 13.9. The van der Waals surface area contributed by atoms with E-state index in [0.717, 1.165) is 37.2 Å². The molecule has 1 saturated heterocycles. The monoisotopic (exact) mass is 262 g/mol. The van der Waals surface area contributed by atoms with Gasteiger partial charge in [-0.25, -0.2) is 0 Å². The summed E-state index contributed by atoms with van der Waals surface area (Å²) in [5, 5.41) is 6.29. The minimum Gasteiger partial charge on any atom is -0.385 e. The summed E-state index contributed by atoms with van der Waals surface area (Å²) in [6.07, 6.45) is 2.01. The molecule has 1 amide bonds. The number of hydrogen-bond donors (Lipinski definition) is 2. The Balaban J connectivity index is 2.08. The van der Waals surface area contributed by atoms with E-state index >= 15 is 0 Å². The summed E-state index contributed by atoms with van der Waals surface area (Å²) in [5.74, 6) is -0.0218. The van der Waals surface area contributed by atoms with Crippen LogP contribution in [0.2, 0.25) is 0 Å². The summed E-state index contributed by atoms with van der Waals surface area (Å²) in [7, 11) is 0. The first-order chi connectivity index (χ1) is 9.20. The van der Waals surface area contributed by atoms with Crippen LogP contribution in [0.15, 0.2) is 18.2 Å². The van der Waals surface area contributed by atoms with Crippen molar-refractivity contribution >= 4 is 11.6 Å². The van der Waals surface area contributed by atoms with Gasteiger partial charge in [0, 0.05) is 18.8 Å². The summed E-state index contributed by atoms with van der Waals surface area (Å²) in [6, 6.07) is 5.99. The lowest BCUT2D eigenvalue weighted by Gasteiger charge is -2.23. The number of carbonyl (C=O) groups is 1. The lowest BCUT2D eigenvalue weighted by molar-refractivity contribution is 0.0624. The van der Waals surface area contributed by atoms with E-state index < -0.39 is 0 Å². The largest absolute Gasteiger partial charge is 0.385 e. The third-order valence-electron chi connectivity index (χ3n) is 3.28. The SMILES string of the molecule is CCNc1cc(C)ccc1C(=O)NC1CCCOC1. The third-order valence-corrected chi connectivity index (χ3v) is 3.28. The summed E-state index contributed by atoms with van der Waals surface area (Å²) < 4.78 is 5.39. The van der Waals surface area contributed by atoms with Gasteiger partial charge >= 0.3 is 0 Å². The van der Waals surface area contributed by atoms with Crippen LogP contribution in [0.1, 0.15) is 35.7 Å². The van der Waals surface area contributed by atoms with Gasteiger partial charge in [0.1, 0.15) is 0 Å². The molecule has 1 atom stereocenters. The molecule has 0 radical (unpaired) electrons. The number of amides is 1. The Morgan fingerprint density at radius 3 is 3.00 bits per heavy atom. The standard InChI is InChI=1S/C15H22N2O2/c1-3-16-14-9-11(2)6-7-13(14)15(18)17-12-5-4-8-19-10-12/h6-7,9,12,16H,3-5,8,10H2,1-2H3,(H,17,18). The number of hydrogen-bond acceptors (Lipinski definition) is 3. The second kappa shape index (κ2) is 6.57. The molecule has 104 valence electrons. The van der Waals surface area contributed by atoms with Gasteiger partial charge in [0.2, 0.25) is 0 Å². The smallest absolute Gasteiger partial charge is 0.253 e. The van der Waals surface area contributed by atoms with Crippen LogP contribution in [0.4, 0.5) is 5.69 Å². The number of rotatable bonds is 4. The van der Waals surface area contributed by atoms with Crippen molar-refractivity contribution in [3.63, 3.8) is 0 Å². The van der Waals surface area contributed by atoms with Crippen LogP contribution in [-0.2, 0) is 4.74 Å². The Hall–Kier alpha value is -1.55. The van der Waals surface area contributed by atoms with Crippen LogP contribution in [0.3, 0.4) is 0 Å². The van der Waals surface area contributed by atoms with Gasteiger partial charge in [-0.15, -0.1) is 0 Å². The number of anilines is 1. The predicted molar refractivity (Wildman–Crippen MR) is 76.6 cm³/mol. The van der Waals surface area contributed by atoms with Crippen molar-refractivity contribution in [2.45, 2.75) is 32.7 Å². The van der Waals surface area contributed by atoms with E-state index in [0.29, 0.717) is 12.2 Å². The van der Waals surface area contributed by atoms with Crippen molar-refractivity contribution in [3.05, 3.63) is 29.3 Å². The molecule has 2 rings (SSSR count). The third kappa shape index (κ3) is 3.70. The first-order valence-electron chi connectivity index (χ1n) is 6.94. The van der Waals surface area contributed by atoms with E-state index in [2.05, 4.69) is 10.6 Å². The molecule has 1 heterocycles. The average molecular weight is 262 g/mol. The van der Waals surface area contributed by atoms with E-state index in [1.807, 2.05) is 32.0 Å². The maximum Gasteiger partial charge on any atom is 0.253 e. The fraction of sp³-hybridized carbons (Fsp3) is 0.533. The van der Waals surface area contributed by atoms with Crippen molar-refractivity contribution in [1.82, 2.24) is 5.32 Å². The minimum absolute atomic E-state index is 0.0218. The minimum atomic E-state index is -0.0218. The number of aryl methyl sites for hydroxylation is 1. The van der Waals surface area contributed by atoms with Gasteiger partial charge < -0.3 is 15.4 Å². The molecule has 1 aromatic rings. The van der Waals surface area contributed by atoms with Gasteiger partial charge in [-0.05, 0) is 44.4 Å². The highest BCUT2D eigenvalue weighted by Crippen LogP contribution is 2.18. The zero-order valence-electron chi connectivity index (χ0n) is 11.7. The molecule has 4 heteroatoms. The van der Waals surface area contributed by atoms with Gasteiger partial charge in [0.15, 0.2) is 0 Å². The van der Waals surface area contributed by atoms with Crippen LogP contribution >= 0.6 is 0 Å². The molecule has 1 fully saturated rings. The molecule has 1 unspecified atom stereocenters. The van der Waals surface area contributed by atoms with Crippen molar-refractivity contribution in [1.29, 1.82) is 0 Å². The molecule has 1 aliphatic rings. The van der Waals surface area contributed by atoms with E-state index in [4.69, 9.17) is 4.74 Å². The first-order valence-corrected chi connectivity index (χ1v) is 6.94. The molecule has 1 aliphatic heterocycles.